The van der Waals surface area contributed by atoms with Gasteiger partial charge < -0.3 is 5.50 Å². The van der Waals surface area contributed by atoms with Crippen molar-refractivity contribution in [2.75, 3.05) is 0 Å². The van der Waals surface area contributed by atoms with E-state index in [1.807, 2.05) is 0 Å². The topological polar surface area (TPSA) is 26.0 Å². The summed E-state index contributed by atoms with van der Waals surface area (Å²) in [6.45, 7) is 13.9. The molecule has 0 amide bonds. The van der Waals surface area contributed by atoms with Crippen molar-refractivity contribution < 1.29 is 0 Å². The lowest BCUT2D eigenvalue weighted by atomic mass is 9.81. The Balaban J connectivity index is 2.67. The van der Waals surface area contributed by atoms with Gasteiger partial charge in [-0.3, -0.25) is 0 Å². The van der Waals surface area contributed by atoms with Gasteiger partial charge in [0.15, 0.2) is 0 Å². The molecular formula is C10H22NP. The minimum Gasteiger partial charge on any atom is -0.309 e. The maximum Gasteiger partial charge on any atom is 0.00557 e. The van der Waals surface area contributed by atoms with Crippen molar-refractivity contribution >= 4 is 8.07 Å². The molecule has 0 radical (unpaired) electrons. The van der Waals surface area contributed by atoms with E-state index >= 15 is 0 Å². The van der Waals surface area contributed by atoms with Gasteiger partial charge in [0.05, 0.1) is 0 Å². The van der Waals surface area contributed by atoms with E-state index in [1.54, 1.807) is 0 Å². The van der Waals surface area contributed by atoms with E-state index in [1.165, 1.54) is 0 Å². The molecule has 12 heavy (non-hydrogen) atoms. The zero-order chi connectivity index (χ0) is 9.73. The van der Waals surface area contributed by atoms with Gasteiger partial charge in [0.1, 0.15) is 0 Å². The van der Waals surface area contributed by atoms with Gasteiger partial charge in [-0.05, 0) is 18.9 Å². The van der Waals surface area contributed by atoms with Gasteiger partial charge in [0.25, 0.3) is 0 Å². The number of nitrogens with two attached hydrogens (primary N) is 1. The summed E-state index contributed by atoms with van der Waals surface area (Å²) in [5.74, 6) is 0. The van der Waals surface area contributed by atoms with Gasteiger partial charge in [0, 0.05) is 11.3 Å². The van der Waals surface area contributed by atoms with Crippen LogP contribution in [-0.2, 0) is 0 Å². The zero-order valence-electron chi connectivity index (χ0n) is 9.18. The smallest absolute Gasteiger partial charge is 0.00557 e. The summed E-state index contributed by atoms with van der Waals surface area (Å²) in [4.78, 5) is 0. The molecule has 0 aromatic heterocycles. The predicted molar refractivity (Wildman–Crippen MR) is 57.6 cm³/mol. The minimum atomic E-state index is -0.173. The molecule has 1 aliphatic heterocycles. The van der Waals surface area contributed by atoms with Crippen LogP contribution in [0.25, 0.3) is 0 Å². The van der Waals surface area contributed by atoms with Crippen molar-refractivity contribution in [3.63, 3.8) is 0 Å². The Morgan fingerprint density at radius 2 is 1.08 bits per heavy atom. The first kappa shape index (κ1) is 10.5. The van der Waals surface area contributed by atoms with Crippen LogP contribution < -0.4 is 5.50 Å². The van der Waals surface area contributed by atoms with E-state index in [2.05, 4.69) is 41.5 Å². The monoisotopic (exact) mass is 187 g/mol. The molecule has 2 atom stereocenters. The van der Waals surface area contributed by atoms with Crippen LogP contribution in [0.5, 0.6) is 0 Å². The Bertz CT molecular complexity index is 155. The van der Waals surface area contributed by atoms with Gasteiger partial charge in [-0.15, -0.1) is 0 Å². The van der Waals surface area contributed by atoms with Gasteiger partial charge in [-0.2, -0.15) is 0 Å². The van der Waals surface area contributed by atoms with Crippen LogP contribution in [0.15, 0.2) is 0 Å². The Kier molecular flexibility index (Phi) is 2.34. The summed E-state index contributed by atoms with van der Waals surface area (Å²) in [5.41, 5.74) is 8.55. The maximum absolute atomic E-state index is 6.15. The van der Waals surface area contributed by atoms with E-state index in [-0.39, 0.29) is 8.07 Å². The molecule has 2 N–H and O–H groups in total. The molecule has 72 valence electrons. The molecule has 0 spiro atoms. The van der Waals surface area contributed by atoms with E-state index < -0.39 is 0 Å². The summed E-state index contributed by atoms with van der Waals surface area (Å²) < 4.78 is 0. The highest BCUT2D eigenvalue weighted by Gasteiger charge is 2.58. The van der Waals surface area contributed by atoms with Gasteiger partial charge in [-0.25, -0.2) is 0 Å². The number of rotatable bonds is 0. The lowest BCUT2D eigenvalue weighted by molar-refractivity contribution is 0.335. The fourth-order valence-electron chi connectivity index (χ4n) is 2.09. The van der Waals surface area contributed by atoms with Crippen molar-refractivity contribution in [2.45, 2.75) is 52.9 Å². The summed E-state index contributed by atoms with van der Waals surface area (Å²) >= 11 is 0. The Hall–Kier alpha value is 0.390. The Labute approximate surface area is 77.9 Å². The van der Waals surface area contributed by atoms with Crippen LogP contribution in [0.4, 0.5) is 0 Å². The van der Waals surface area contributed by atoms with E-state index in [0.29, 0.717) is 10.8 Å². The van der Waals surface area contributed by atoms with Gasteiger partial charge >= 0.3 is 0 Å². The standard InChI is InChI=1S/C10H22NP/c1-9(2,3)7-8(12(7)11)10(4,5)6/h7-8H,11H2,1-6H3. The van der Waals surface area contributed by atoms with Gasteiger partial charge in [0.2, 0.25) is 0 Å². The quantitative estimate of drug-likeness (QED) is 0.579. The highest BCUT2D eigenvalue weighted by molar-refractivity contribution is 7.65. The molecular weight excluding hydrogens is 165 g/mol. The number of hydrogen-bond donors (Lipinski definition) is 1. The number of hydrogen-bond acceptors (Lipinski definition) is 1. The van der Waals surface area contributed by atoms with Crippen LogP contribution >= 0.6 is 8.07 Å². The van der Waals surface area contributed by atoms with E-state index in [4.69, 9.17) is 5.50 Å². The second-order valence-electron chi connectivity index (χ2n) is 6.07. The van der Waals surface area contributed by atoms with Crippen molar-refractivity contribution in [1.82, 2.24) is 0 Å². The van der Waals surface area contributed by atoms with Crippen molar-refractivity contribution in [1.29, 1.82) is 0 Å². The van der Waals surface area contributed by atoms with Crippen LogP contribution in [0, 0.1) is 10.8 Å². The second kappa shape index (κ2) is 2.69. The Morgan fingerprint density at radius 3 is 1.17 bits per heavy atom. The molecule has 1 rings (SSSR count). The van der Waals surface area contributed by atoms with Crippen LogP contribution in [-0.4, -0.2) is 11.3 Å². The zero-order valence-corrected chi connectivity index (χ0v) is 10.1. The second-order valence-corrected chi connectivity index (χ2v) is 8.08. The third-order valence-corrected chi connectivity index (χ3v) is 5.71. The summed E-state index contributed by atoms with van der Waals surface area (Å²) in [7, 11) is -0.173. The molecule has 1 nitrogen and oxygen atoms in total. The molecule has 0 aromatic rings. The summed E-state index contributed by atoms with van der Waals surface area (Å²) in [5, 5.41) is 0. The average molecular weight is 187 g/mol. The van der Waals surface area contributed by atoms with Crippen LogP contribution in [0.3, 0.4) is 0 Å². The Morgan fingerprint density at radius 1 is 0.833 bits per heavy atom. The minimum absolute atomic E-state index is 0.173. The third kappa shape index (κ3) is 1.83. The normalized spacial score (nSPS) is 36.8. The molecule has 0 saturated carbocycles. The summed E-state index contributed by atoms with van der Waals surface area (Å²) in [6, 6.07) is 0. The highest BCUT2D eigenvalue weighted by atomic mass is 31.1. The first-order valence-corrected chi connectivity index (χ1v) is 6.23. The molecule has 1 saturated heterocycles. The van der Waals surface area contributed by atoms with Crippen LogP contribution in [0.1, 0.15) is 41.5 Å². The van der Waals surface area contributed by atoms with Crippen molar-refractivity contribution in [3.05, 3.63) is 0 Å². The third-order valence-electron chi connectivity index (χ3n) is 2.63. The molecule has 1 aliphatic rings. The first-order chi connectivity index (χ1) is 5.15. The predicted octanol–water partition coefficient (Wildman–Crippen LogP) is 3.19. The summed E-state index contributed by atoms with van der Waals surface area (Å²) in [6.07, 6.45) is 0. The van der Waals surface area contributed by atoms with E-state index in [0.717, 1.165) is 11.3 Å². The van der Waals surface area contributed by atoms with E-state index in [9.17, 15) is 0 Å². The average Bonchev–Trinajstić information content (AvgIpc) is 2.35. The first-order valence-electron chi connectivity index (χ1n) is 4.69. The highest BCUT2D eigenvalue weighted by Crippen LogP contribution is 2.71. The van der Waals surface area contributed by atoms with Crippen molar-refractivity contribution in [2.24, 2.45) is 16.3 Å². The van der Waals surface area contributed by atoms with Crippen LogP contribution in [0.2, 0.25) is 0 Å². The molecule has 2 heteroatoms. The van der Waals surface area contributed by atoms with Crippen molar-refractivity contribution in [3.8, 4) is 0 Å². The maximum atomic E-state index is 6.15. The lowest BCUT2D eigenvalue weighted by Crippen LogP contribution is -2.23. The van der Waals surface area contributed by atoms with Gasteiger partial charge in [-0.1, -0.05) is 41.5 Å². The lowest BCUT2D eigenvalue weighted by Gasteiger charge is -2.22. The molecule has 0 bridgehead atoms. The molecule has 1 heterocycles. The fourth-order valence-corrected chi connectivity index (χ4v) is 5.50. The molecule has 2 unspecified atom stereocenters. The largest absolute Gasteiger partial charge is 0.309 e. The molecule has 0 aliphatic carbocycles. The SMILES string of the molecule is CC(C)(C)C1C(C(C)(C)C)P1N. The fraction of sp³-hybridized carbons (Fsp3) is 1.00. The molecule has 1 fully saturated rings. The molecule has 0 aromatic carbocycles.